The van der Waals surface area contributed by atoms with Crippen molar-refractivity contribution in [3.8, 4) is 0 Å². The third-order valence-electron chi connectivity index (χ3n) is 1.63. The second kappa shape index (κ2) is 4.52. The van der Waals surface area contributed by atoms with Crippen molar-refractivity contribution in [1.82, 2.24) is 9.59 Å². The van der Waals surface area contributed by atoms with Crippen LogP contribution in [0.1, 0.15) is 0 Å². The molecule has 15 heavy (non-hydrogen) atoms. The number of carbonyl (C=O) groups is 1. The minimum atomic E-state index is -0.325. The molecule has 0 aliphatic rings. The Kier molecular flexibility index (Phi) is 2.89. The third kappa shape index (κ3) is 2.75. The number of hydrogen-bond acceptors (Lipinski definition) is 4. The molecule has 1 aromatic heterocycles. The number of nitrogens with one attached hydrogen (secondary N) is 2. The number of rotatable bonds is 2. The van der Waals surface area contributed by atoms with Crippen LogP contribution in [0.3, 0.4) is 0 Å². The van der Waals surface area contributed by atoms with Crippen LogP contribution in [0.15, 0.2) is 35.7 Å². The number of aromatic nitrogens is 2. The van der Waals surface area contributed by atoms with Crippen LogP contribution in [0.5, 0.6) is 0 Å². The lowest BCUT2D eigenvalue weighted by atomic mass is 10.3. The molecule has 0 aliphatic heterocycles. The van der Waals surface area contributed by atoms with Crippen molar-refractivity contribution in [2.75, 3.05) is 10.6 Å². The predicted octanol–water partition coefficient (Wildman–Crippen LogP) is 2.18. The molecule has 2 rings (SSSR count). The van der Waals surface area contributed by atoms with Gasteiger partial charge in [-0.2, -0.15) is 0 Å². The monoisotopic (exact) mass is 220 g/mol. The molecule has 2 aromatic rings. The topological polar surface area (TPSA) is 66.9 Å². The highest BCUT2D eigenvalue weighted by molar-refractivity contribution is 7.03. The molecule has 76 valence electrons. The highest BCUT2D eigenvalue weighted by atomic mass is 32.1. The van der Waals surface area contributed by atoms with Crippen LogP contribution in [0, 0.1) is 0 Å². The Labute approximate surface area is 90.3 Å². The molecule has 0 bridgehead atoms. The van der Waals surface area contributed by atoms with Gasteiger partial charge in [-0.15, -0.1) is 5.10 Å². The van der Waals surface area contributed by atoms with Gasteiger partial charge in [-0.1, -0.05) is 22.7 Å². The average molecular weight is 220 g/mol. The van der Waals surface area contributed by atoms with E-state index in [1.165, 1.54) is 11.5 Å². The molecule has 2 amide bonds. The predicted molar refractivity (Wildman–Crippen MR) is 59.0 cm³/mol. The first-order valence-corrected chi connectivity index (χ1v) is 5.08. The number of urea groups is 1. The van der Waals surface area contributed by atoms with E-state index in [1.54, 1.807) is 17.5 Å². The normalized spacial score (nSPS) is 9.60. The fourth-order valence-electron chi connectivity index (χ4n) is 1.02. The Morgan fingerprint density at radius 3 is 2.67 bits per heavy atom. The van der Waals surface area contributed by atoms with Gasteiger partial charge < -0.3 is 5.32 Å². The molecule has 6 heteroatoms. The Hall–Kier alpha value is -1.95. The molecule has 5 nitrogen and oxygen atoms in total. The van der Waals surface area contributed by atoms with Crippen molar-refractivity contribution in [2.24, 2.45) is 0 Å². The summed E-state index contributed by atoms with van der Waals surface area (Å²) in [5.74, 6) is 0.452. The fraction of sp³-hybridized carbons (Fsp3) is 0. The van der Waals surface area contributed by atoms with E-state index in [4.69, 9.17) is 0 Å². The Bertz CT molecular complexity index is 429. The van der Waals surface area contributed by atoms with E-state index in [2.05, 4.69) is 20.2 Å². The van der Waals surface area contributed by atoms with Gasteiger partial charge in [0.05, 0.1) is 5.38 Å². The molecule has 0 fully saturated rings. The third-order valence-corrected chi connectivity index (χ3v) is 2.14. The number of nitrogens with zero attached hydrogens (tertiary/aromatic N) is 2. The maximum Gasteiger partial charge on any atom is 0.324 e. The number of benzene rings is 1. The van der Waals surface area contributed by atoms with E-state index in [0.29, 0.717) is 5.82 Å². The molecule has 0 unspecified atom stereocenters. The minimum Gasteiger partial charge on any atom is -0.308 e. The first kappa shape index (κ1) is 9.60. The summed E-state index contributed by atoms with van der Waals surface area (Å²) in [5.41, 5.74) is 0.734. The van der Waals surface area contributed by atoms with E-state index >= 15 is 0 Å². The van der Waals surface area contributed by atoms with Crippen LogP contribution in [0.2, 0.25) is 0 Å². The summed E-state index contributed by atoms with van der Waals surface area (Å²) in [4.78, 5) is 11.4. The van der Waals surface area contributed by atoms with Gasteiger partial charge in [0, 0.05) is 5.69 Å². The van der Waals surface area contributed by atoms with Crippen molar-refractivity contribution in [3.63, 3.8) is 0 Å². The van der Waals surface area contributed by atoms with Gasteiger partial charge in [0.15, 0.2) is 5.82 Å². The van der Waals surface area contributed by atoms with Gasteiger partial charge in [0.2, 0.25) is 0 Å². The van der Waals surface area contributed by atoms with Gasteiger partial charge in [0.1, 0.15) is 0 Å². The first-order chi connectivity index (χ1) is 7.34. The van der Waals surface area contributed by atoms with E-state index in [-0.39, 0.29) is 6.03 Å². The number of carbonyl (C=O) groups excluding carboxylic acids is 1. The molecule has 0 radical (unpaired) electrons. The number of anilines is 2. The maximum absolute atomic E-state index is 11.4. The lowest BCUT2D eigenvalue weighted by molar-refractivity contribution is 0.262. The molecule has 1 heterocycles. The van der Waals surface area contributed by atoms with Crippen LogP contribution in [-0.2, 0) is 0 Å². The van der Waals surface area contributed by atoms with Crippen molar-refractivity contribution < 1.29 is 4.79 Å². The Balaban J connectivity index is 1.94. The average Bonchev–Trinajstić information content (AvgIpc) is 2.71. The van der Waals surface area contributed by atoms with Crippen LogP contribution in [0.4, 0.5) is 16.3 Å². The zero-order chi connectivity index (χ0) is 10.5. The van der Waals surface area contributed by atoms with Crippen molar-refractivity contribution in [1.29, 1.82) is 0 Å². The lowest BCUT2D eigenvalue weighted by Gasteiger charge is -2.04. The Morgan fingerprint density at radius 2 is 2.00 bits per heavy atom. The van der Waals surface area contributed by atoms with E-state index in [1.807, 2.05) is 18.2 Å². The fourth-order valence-corrected chi connectivity index (χ4v) is 1.41. The van der Waals surface area contributed by atoms with E-state index < -0.39 is 0 Å². The summed E-state index contributed by atoms with van der Waals surface area (Å²) >= 11 is 1.18. The highest BCUT2D eigenvalue weighted by Gasteiger charge is 2.03. The maximum atomic E-state index is 11.4. The molecule has 2 N–H and O–H groups in total. The molecule has 0 aliphatic carbocycles. The molecule has 0 saturated heterocycles. The van der Waals surface area contributed by atoms with E-state index in [9.17, 15) is 4.79 Å². The van der Waals surface area contributed by atoms with Crippen molar-refractivity contribution in [2.45, 2.75) is 0 Å². The van der Waals surface area contributed by atoms with Crippen LogP contribution in [-0.4, -0.2) is 15.6 Å². The Morgan fingerprint density at radius 1 is 1.20 bits per heavy atom. The van der Waals surface area contributed by atoms with Gasteiger partial charge in [-0.05, 0) is 23.7 Å². The quantitative estimate of drug-likeness (QED) is 0.815. The van der Waals surface area contributed by atoms with Crippen molar-refractivity contribution >= 4 is 29.1 Å². The summed E-state index contributed by atoms with van der Waals surface area (Å²) in [6.07, 6.45) is 0. The summed E-state index contributed by atoms with van der Waals surface area (Å²) < 4.78 is 3.63. The second-order valence-electron chi connectivity index (χ2n) is 2.74. The van der Waals surface area contributed by atoms with Crippen LogP contribution < -0.4 is 10.6 Å². The smallest absolute Gasteiger partial charge is 0.308 e. The molecular formula is C9H8N4OS. The van der Waals surface area contributed by atoms with Gasteiger partial charge >= 0.3 is 6.03 Å². The minimum absolute atomic E-state index is 0.325. The molecule has 0 atom stereocenters. The summed E-state index contributed by atoms with van der Waals surface area (Å²) in [5, 5.41) is 10.6. The standard InChI is InChI=1S/C9H8N4OS/c14-9(11-8-6-15-13-12-8)10-7-4-2-1-3-5-7/h1-6H,(H2,10,11,14). The second-order valence-corrected chi connectivity index (χ2v) is 3.35. The van der Waals surface area contributed by atoms with Crippen molar-refractivity contribution in [3.05, 3.63) is 35.7 Å². The number of para-hydroxylation sites is 1. The lowest BCUT2D eigenvalue weighted by Crippen LogP contribution is -2.19. The van der Waals surface area contributed by atoms with Crippen LogP contribution in [0.25, 0.3) is 0 Å². The largest absolute Gasteiger partial charge is 0.324 e. The van der Waals surface area contributed by atoms with Gasteiger partial charge in [-0.25, -0.2) is 4.79 Å². The molecule has 1 aromatic carbocycles. The summed E-state index contributed by atoms with van der Waals surface area (Å²) in [6.45, 7) is 0. The summed E-state index contributed by atoms with van der Waals surface area (Å²) in [7, 11) is 0. The zero-order valence-corrected chi connectivity index (χ0v) is 8.49. The number of hydrogen-bond donors (Lipinski definition) is 2. The van der Waals surface area contributed by atoms with Crippen LogP contribution >= 0.6 is 11.5 Å². The summed E-state index contributed by atoms with van der Waals surface area (Å²) in [6, 6.07) is 8.86. The highest BCUT2D eigenvalue weighted by Crippen LogP contribution is 2.07. The molecule has 0 saturated carbocycles. The SMILES string of the molecule is O=C(Nc1ccccc1)Nc1csnn1. The van der Waals surface area contributed by atoms with Gasteiger partial charge in [0.25, 0.3) is 0 Å². The number of amides is 2. The molecular weight excluding hydrogens is 212 g/mol. The van der Waals surface area contributed by atoms with E-state index in [0.717, 1.165) is 5.69 Å². The first-order valence-electron chi connectivity index (χ1n) is 4.25. The molecule has 0 spiro atoms. The van der Waals surface area contributed by atoms with Gasteiger partial charge in [-0.3, -0.25) is 5.32 Å². The zero-order valence-electron chi connectivity index (χ0n) is 7.68.